The highest BCUT2D eigenvalue weighted by Crippen LogP contribution is 2.24. The molecule has 0 N–H and O–H groups in total. The van der Waals surface area contributed by atoms with Crippen LogP contribution in [-0.2, 0) is 11.3 Å². The zero-order valence-electron chi connectivity index (χ0n) is 14.5. The van der Waals surface area contributed by atoms with Crippen molar-refractivity contribution >= 4 is 5.95 Å². The van der Waals surface area contributed by atoms with E-state index < -0.39 is 0 Å². The molecule has 3 rings (SSSR count). The van der Waals surface area contributed by atoms with E-state index in [1.54, 1.807) is 18.6 Å². The second kappa shape index (κ2) is 7.09. The largest absolute Gasteiger partial charge is 0.374 e. The monoisotopic (exact) mass is 328 g/mol. The molecule has 0 aromatic carbocycles. The van der Waals surface area contributed by atoms with Gasteiger partial charge in [0.2, 0.25) is 5.95 Å². The van der Waals surface area contributed by atoms with Gasteiger partial charge in [-0.3, -0.25) is 9.55 Å². The normalized spacial score (nSPS) is 18.2. The van der Waals surface area contributed by atoms with Crippen LogP contribution in [-0.4, -0.2) is 50.5 Å². The molecule has 128 valence electrons. The van der Waals surface area contributed by atoms with E-state index in [2.05, 4.69) is 50.1 Å². The number of nitrogens with zero attached hydrogens (tertiary/aromatic N) is 6. The highest BCUT2D eigenvalue weighted by Gasteiger charge is 2.27. The second-order valence-corrected chi connectivity index (χ2v) is 6.56. The fourth-order valence-electron chi connectivity index (χ4n) is 2.81. The molecule has 2 aromatic rings. The maximum atomic E-state index is 5.86. The minimum absolute atomic E-state index is 0.202. The number of aromatic nitrogens is 5. The molecule has 1 aliphatic rings. The predicted octanol–water partition coefficient (Wildman–Crippen LogP) is 2.17. The van der Waals surface area contributed by atoms with Crippen molar-refractivity contribution in [3.8, 4) is 11.5 Å². The predicted molar refractivity (Wildman–Crippen MR) is 92.7 cm³/mol. The molecule has 0 spiro atoms. The molecular weight excluding hydrogens is 304 g/mol. The zero-order chi connectivity index (χ0) is 17.1. The van der Waals surface area contributed by atoms with Gasteiger partial charge in [0.1, 0.15) is 5.69 Å². The molecule has 1 fully saturated rings. The fourth-order valence-corrected chi connectivity index (χ4v) is 2.81. The van der Waals surface area contributed by atoms with Crippen LogP contribution >= 0.6 is 0 Å². The van der Waals surface area contributed by atoms with Crippen LogP contribution in [0.1, 0.15) is 20.8 Å². The summed E-state index contributed by atoms with van der Waals surface area (Å²) in [4.78, 5) is 10.7. The van der Waals surface area contributed by atoms with Crippen LogP contribution in [0.3, 0.4) is 0 Å². The van der Waals surface area contributed by atoms with Crippen LogP contribution in [0.15, 0.2) is 30.7 Å². The van der Waals surface area contributed by atoms with Crippen LogP contribution in [0.5, 0.6) is 0 Å². The summed E-state index contributed by atoms with van der Waals surface area (Å²) in [5, 5.41) is 8.81. The van der Waals surface area contributed by atoms with Crippen LogP contribution in [0.4, 0.5) is 5.95 Å². The molecular formula is C17H24N6O. The van der Waals surface area contributed by atoms with Gasteiger partial charge >= 0.3 is 0 Å². The van der Waals surface area contributed by atoms with Crippen molar-refractivity contribution in [2.24, 2.45) is 5.92 Å². The van der Waals surface area contributed by atoms with E-state index in [-0.39, 0.29) is 6.10 Å². The number of hydrogen-bond donors (Lipinski definition) is 0. The Morgan fingerprint density at radius 1 is 1.38 bits per heavy atom. The summed E-state index contributed by atoms with van der Waals surface area (Å²) in [6, 6.07) is 0. The van der Waals surface area contributed by atoms with E-state index in [1.165, 1.54) is 0 Å². The van der Waals surface area contributed by atoms with Gasteiger partial charge in [0.15, 0.2) is 5.82 Å². The average Bonchev–Trinajstić information content (AvgIpc) is 2.98. The maximum Gasteiger partial charge on any atom is 0.228 e. The van der Waals surface area contributed by atoms with Crippen molar-refractivity contribution in [3.63, 3.8) is 0 Å². The third-order valence-electron chi connectivity index (χ3n) is 4.07. The molecule has 1 unspecified atom stereocenters. The number of ether oxygens (including phenoxy) is 1. The van der Waals surface area contributed by atoms with Crippen molar-refractivity contribution in [2.75, 3.05) is 24.6 Å². The molecule has 1 saturated heterocycles. The second-order valence-electron chi connectivity index (χ2n) is 6.56. The van der Waals surface area contributed by atoms with Gasteiger partial charge in [-0.05, 0) is 12.8 Å². The Bertz CT molecular complexity index is 696. The highest BCUT2D eigenvalue weighted by atomic mass is 16.5. The molecule has 2 aromatic heterocycles. The van der Waals surface area contributed by atoms with Crippen molar-refractivity contribution in [1.29, 1.82) is 0 Å². The first kappa shape index (κ1) is 16.6. The van der Waals surface area contributed by atoms with Crippen LogP contribution in [0.25, 0.3) is 11.5 Å². The fraction of sp³-hybridized carbons (Fsp3) is 0.529. The molecule has 0 saturated carbocycles. The Balaban J connectivity index is 1.96. The lowest BCUT2D eigenvalue weighted by atomic mass is 10.1. The summed E-state index contributed by atoms with van der Waals surface area (Å²) in [6.07, 6.45) is 5.23. The average molecular weight is 328 g/mol. The number of anilines is 1. The summed E-state index contributed by atoms with van der Waals surface area (Å²) >= 11 is 0. The third-order valence-corrected chi connectivity index (χ3v) is 4.07. The summed E-state index contributed by atoms with van der Waals surface area (Å²) in [5.41, 5.74) is 1.75. The van der Waals surface area contributed by atoms with E-state index in [4.69, 9.17) is 4.74 Å². The van der Waals surface area contributed by atoms with Crippen LogP contribution in [0.2, 0.25) is 0 Å². The van der Waals surface area contributed by atoms with Gasteiger partial charge < -0.3 is 9.64 Å². The topological polar surface area (TPSA) is 69.0 Å². The van der Waals surface area contributed by atoms with E-state index >= 15 is 0 Å². The zero-order valence-corrected chi connectivity index (χ0v) is 14.5. The van der Waals surface area contributed by atoms with Crippen molar-refractivity contribution in [3.05, 3.63) is 30.7 Å². The van der Waals surface area contributed by atoms with Gasteiger partial charge in [-0.1, -0.05) is 26.0 Å². The van der Waals surface area contributed by atoms with Crippen molar-refractivity contribution in [1.82, 2.24) is 24.7 Å². The molecule has 1 atom stereocenters. The third kappa shape index (κ3) is 3.46. The standard InChI is InChI=1S/C17H24N6O/c1-12(2)10-23-16(14-9-18-5-6-19-14)20-21-17(23)22-7-8-24-15(11-22)13(3)4/h5-6,9,13,15H,1,7-8,10-11H2,2-4H3. The highest BCUT2D eigenvalue weighted by molar-refractivity contribution is 5.52. The summed E-state index contributed by atoms with van der Waals surface area (Å²) in [5.74, 6) is 2.02. The van der Waals surface area contributed by atoms with Crippen molar-refractivity contribution < 1.29 is 4.74 Å². The van der Waals surface area contributed by atoms with Crippen LogP contribution in [0, 0.1) is 5.92 Å². The molecule has 24 heavy (non-hydrogen) atoms. The van der Waals surface area contributed by atoms with E-state index in [1.807, 2.05) is 6.92 Å². The molecule has 7 heteroatoms. The first-order valence-electron chi connectivity index (χ1n) is 8.26. The molecule has 1 aliphatic heterocycles. The van der Waals surface area contributed by atoms with Crippen LogP contribution < -0.4 is 4.90 Å². The van der Waals surface area contributed by atoms with Gasteiger partial charge in [-0.2, -0.15) is 0 Å². The molecule has 0 radical (unpaired) electrons. The first-order chi connectivity index (χ1) is 11.6. The Morgan fingerprint density at radius 2 is 2.21 bits per heavy atom. The summed E-state index contributed by atoms with van der Waals surface area (Å²) < 4.78 is 7.93. The molecule has 0 aliphatic carbocycles. The van der Waals surface area contributed by atoms with E-state index in [0.29, 0.717) is 30.6 Å². The maximum absolute atomic E-state index is 5.86. The molecule has 3 heterocycles. The van der Waals surface area contributed by atoms with Gasteiger partial charge in [-0.25, -0.2) is 4.98 Å². The Hall–Kier alpha value is -2.28. The van der Waals surface area contributed by atoms with E-state index in [9.17, 15) is 0 Å². The minimum Gasteiger partial charge on any atom is -0.374 e. The first-order valence-corrected chi connectivity index (χ1v) is 8.26. The number of morpholine rings is 1. The minimum atomic E-state index is 0.202. The quantitative estimate of drug-likeness (QED) is 0.784. The summed E-state index contributed by atoms with van der Waals surface area (Å²) in [6.45, 7) is 13.4. The van der Waals surface area contributed by atoms with Gasteiger partial charge in [0.05, 0.1) is 18.9 Å². The molecule has 7 nitrogen and oxygen atoms in total. The van der Waals surface area contributed by atoms with Gasteiger partial charge in [0, 0.05) is 32.0 Å². The summed E-state index contributed by atoms with van der Waals surface area (Å²) in [7, 11) is 0. The Labute approximate surface area is 142 Å². The molecule has 0 amide bonds. The Morgan fingerprint density at radius 3 is 2.88 bits per heavy atom. The number of allylic oxidation sites excluding steroid dienone is 1. The SMILES string of the molecule is C=C(C)Cn1c(-c2cnccn2)nnc1N1CCOC(C(C)C)C1. The Kier molecular flexibility index (Phi) is 4.89. The molecule has 0 bridgehead atoms. The lowest BCUT2D eigenvalue weighted by Crippen LogP contribution is -2.45. The lowest BCUT2D eigenvalue weighted by molar-refractivity contribution is 0.0107. The smallest absolute Gasteiger partial charge is 0.228 e. The lowest BCUT2D eigenvalue weighted by Gasteiger charge is -2.35. The van der Waals surface area contributed by atoms with Crippen molar-refractivity contribution in [2.45, 2.75) is 33.4 Å². The number of hydrogen-bond acceptors (Lipinski definition) is 6. The number of rotatable bonds is 5. The van der Waals surface area contributed by atoms with Gasteiger partial charge in [0.25, 0.3) is 0 Å². The van der Waals surface area contributed by atoms with E-state index in [0.717, 1.165) is 24.6 Å². The van der Waals surface area contributed by atoms with Gasteiger partial charge in [-0.15, -0.1) is 10.2 Å².